The van der Waals surface area contributed by atoms with Crippen LogP contribution in [0.2, 0.25) is 0 Å². The van der Waals surface area contributed by atoms with Crippen molar-refractivity contribution in [2.45, 2.75) is 32.2 Å². The van der Waals surface area contributed by atoms with Crippen molar-refractivity contribution in [2.75, 3.05) is 13.6 Å². The molecule has 2 aromatic rings. The first-order chi connectivity index (χ1) is 14.2. The van der Waals surface area contributed by atoms with Crippen molar-refractivity contribution in [3.8, 4) is 5.75 Å². The number of carbonyl (C=O) groups is 1. The van der Waals surface area contributed by atoms with Gasteiger partial charge in [0.1, 0.15) is 11.9 Å². The van der Waals surface area contributed by atoms with Gasteiger partial charge in [0.2, 0.25) is 5.91 Å². The van der Waals surface area contributed by atoms with Gasteiger partial charge in [-0.25, -0.2) is 0 Å². The van der Waals surface area contributed by atoms with E-state index in [1.165, 1.54) is 12.1 Å². The molecule has 162 valence electrons. The quantitative estimate of drug-likeness (QED) is 0.450. The summed E-state index contributed by atoms with van der Waals surface area (Å²) in [6.07, 6.45) is -4.17. The van der Waals surface area contributed by atoms with Gasteiger partial charge in [0.05, 0.1) is 12.1 Å². The lowest BCUT2D eigenvalue weighted by molar-refractivity contribution is -0.137. The molecule has 0 saturated carbocycles. The number of hydrogen-bond donors (Lipinski definition) is 3. The Morgan fingerprint density at radius 3 is 2.43 bits per heavy atom. The van der Waals surface area contributed by atoms with E-state index in [4.69, 9.17) is 10.5 Å². The van der Waals surface area contributed by atoms with Gasteiger partial charge in [0.15, 0.2) is 5.96 Å². The van der Waals surface area contributed by atoms with Crippen molar-refractivity contribution in [1.82, 2.24) is 10.6 Å². The van der Waals surface area contributed by atoms with Crippen molar-refractivity contribution in [3.05, 3.63) is 65.2 Å². The number of nitrogens with one attached hydrogen (secondary N) is 2. The third-order valence-electron chi connectivity index (χ3n) is 4.34. The number of aliphatic imine (C=N–C) groups is 1. The molecule has 9 heteroatoms. The van der Waals surface area contributed by atoms with Crippen LogP contribution >= 0.6 is 0 Å². The maximum atomic E-state index is 12.9. The third-order valence-corrected chi connectivity index (χ3v) is 4.34. The minimum absolute atomic E-state index is 0.163. The number of benzene rings is 2. The summed E-state index contributed by atoms with van der Waals surface area (Å²) in [5, 5.41) is 6.23. The molecule has 1 amide bonds. The Bertz CT molecular complexity index is 867. The largest absolute Gasteiger partial charge is 0.489 e. The molecule has 0 radical (unpaired) electrons. The van der Waals surface area contributed by atoms with Gasteiger partial charge in [0, 0.05) is 19.2 Å². The third kappa shape index (κ3) is 6.98. The number of hydrogen-bond acceptors (Lipinski definition) is 3. The van der Waals surface area contributed by atoms with E-state index in [0.717, 1.165) is 17.7 Å². The van der Waals surface area contributed by atoms with Gasteiger partial charge < -0.3 is 21.1 Å². The van der Waals surface area contributed by atoms with Gasteiger partial charge in [-0.2, -0.15) is 13.2 Å². The molecule has 4 N–H and O–H groups in total. The average molecular weight is 422 g/mol. The summed E-state index contributed by atoms with van der Waals surface area (Å²) in [6, 6.07) is 11.7. The molecule has 0 aliphatic carbocycles. The Hall–Kier alpha value is -3.23. The molecule has 0 fully saturated rings. The van der Waals surface area contributed by atoms with E-state index in [1.54, 1.807) is 31.3 Å². The molecule has 1 atom stereocenters. The number of nitrogens with two attached hydrogens (primary N) is 1. The van der Waals surface area contributed by atoms with Crippen molar-refractivity contribution >= 4 is 11.9 Å². The second-order valence-corrected chi connectivity index (χ2v) is 6.54. The number of guanidine groups is 1. The number of nitrogens with zero attached hydrogens (tertiary/aromatic N) is 1. The van der Waals surface area contributed by atoms with Gasteiger partial charge in [-0.15, -0.1) is 0 Å². The van der Waals surface area contributed by atoms with Crippen molar-refractivity contribution < 1.29 is 22.7 Å². The topological polar surface area (TPSA) is 88.7 Å². The highest BCUT2D eigenvalue weighted by Crippen LogP contribution is 2.31. The summed E-state index contributed by atoms with van der Waals surface area (Å²) >= 11 is 0. The number of carbonyl (C=O) groups excluding carboxylic acids is 1. The van der Waals surface area contributed by atoms with E-state index in [-0.39, 0.29) is 11.9 Å². The SMILES string of the molecule is CCC(CNC(=NC)NCc1ccc(C(N)=O)cc1)Oc1cccc(C(F)(F)F)c1. The molecule has 0 aliphatic heterocycles. The molecule has 0 aliphatic rings. The zero-order chi connectivity index (χ0) is 22.1. The first-order valence-electron chi connectivity index (χ1n) is 9.40. The average Bonchev–Trinajstić information content (AvgIpc) is 2.72. The smallest absolute Gasteiger partial charge is 0.416 e. The van der Waals surface area contributed by atoms with Gasteiger partial charge in [0.25, 0.3) is 0 Å². The van der Waals surface area contributed by atoms with Gasteiger partial charge in [-0.3, -0.25) is 9.79 Å². The van der Waals surface area contributed by atoms with E-state index in [9.17, 15) is 18.0 Å². The highest BCUT2D eigenvalue weighted by atomic mass is 19.4. The normalized spacial score (nSPS) is 12.9. The molecule has 2 aromatic carbocycles. The second kappa shape index (κ2) is 10.5. The van der Waals surface area contributed by atoms with Gasteiger partial charge >= 0.3 is 6.18 Å². The van der Waals surface area contributed by atoms with Gasteiger partial charge in [-0.1, -0.05) is 25.1 Å². The highest BCUT2D eigenvalue weighted by Gasteiger charge is 2.30. The van der Waals surface area contributed by atoms with Crippen LogP contribution in [0.1, 0.15) is 34.8 Å². The summed E-state index contributed by atoms with van der Waals surface area (Å²) in [5.74, 6) is 0.189. The second-order valence-electron chi connectivity index (χ2n) is 6.54. The van der Waals surface area contributed by atoms with E-state index < -0.39 is 17.6 Å². The summed E-state index contributed by atoms with van der Waals surface area (Å²) in [6.45, 7) is 2.70. The molecular weight excluding hydrogens is 397 g/mol. The summed E-state index contributed by atoms with van der Waals surface area (Å²) < 4.78 is 44.3. The van der Waals surface area contributed by atoms with Crippen molar-refractivity contribution in [3.63, 3.8) is 0 Å². The first-order valence-corrected chi connectivity index (χ1v) is 9.40. The number of primary amides is 1. The monoisotopic (exact) mass is 422 g/mol. The molecule has 0 heterocycles. The predicted molar refractivity (Wildman–Crippen MR) is 109 cm³/mol. The molecular formula is C21H25F3N4O2. The number of amides is 1. The predicted octanol–water partition coefficient (Wildman–Crippen LogP) is 3.33. The molecule has 2 rings (SSSR count). The van der Waals surface area contributed by atoms with E-state index in [2.05, 4.69) is 15.6 Å². The number of alkyl halides is 3. The van der Waals surface area contributed by atoms with Crippen LogP contribution in [0, 0.1) is 0 Å². The Kier molecular flexibility index (Phi) is 8.08. The highest BCUT2D eigenvalue weighted by molar-refractivity contribution is 5.92. The van der Waals surface area contributed by atoms with Crippen LogP contribution in [0.5, 0.6) is 5.75 Å². The molecule has 6 nitrogen and oxygen atoms in total. The standard InChI is InChI=1S/C21H25F3N4O2/c1-3-17(30-18-6-4-5-16(11-18)21(22,23)24)13-28-20(26-2)27-12-14-7-9-15(10-8-14)19(25)29/h4-11,17H,3,12-13H2,1-2H3,(H2,25,29)(H2,26,27,28). The Labute approximate surface area is 173 Å². The lowest BCUT2D eigenvalue weighted by Gasteiger charge is -2.20. The fraction of sp³-hybridized carbons (Fsp3) is 0.333. The van der Waals surface area contributed by atoms with E-state index in [1.807, 2.05) is 6.92 Å². The minimum atomic E-state index is -4.42. The number of rotatable bonds is 8. The lowest BCUT2D eigenvalue weighted by atomic mass is 10.1. The van der Waals surface area contributed by atoms with Crippen LogP contribution in [0.4, 0.5) is 13.2 Å². The van der Waals surface area contributed by atoms with Crippen molar-refractivity contribution in [2.24, 2.45) is 10.7 Å². The Balaban J connectivity index is 1.88. The maximum Gasteiger partial charge on any atom is 0.416 e. The van der Waals surface area contributed by atoms with Crippen LogP contribution in [0.15, 0.2) is 53.5 Å². The zero-order valence-corrected chi connectivity index (χ0v) is 16.8. The summed E-state index contributed by atoms with van der Waals surface area (Å²) in [4.78, 5) is 15.2. The van der Waals surface area contributed by atoms with E-state index >= 15 is 0 Å². The molecule has 0 bridgehead atoms. The van der Waals surface area contributed by atoms with Crippen molar-refractivity contribution in [1.29, 1.82) is 0 Å². The Morgan fingerprint density at radius 2 is 1.87 bits per heavy atom. The first kappa shape index (κ1) is 23.1. The van der Waals surface area contributed by atoms with E-state index in [0.29, 0.717) is 31.0 Å². The molecule has 0 saturated heterocycles. The summed E-state index contributed by atoms with van der Waals surface area (Å²) in [5.41, 5.74) is 5.83. The summed E-state index contributed by atoms with van der Waals surface area (Å²) in [7, 11) is 1.61. The van der Waals surface area contributed by atoms with Gasteiger partial charge in [-0.05, 0) is 42.3 Å². The van der Waals surface area contributed by atoms with Crippen LogP contribution in [-0.4, -0.2) is 31.6 Å². The molecule has 1 unspecified atom stereocenters. The van der Waals surface area contributed by atoms with Crippen LogP contribution in [0.25, 0.3) is 0 Å². The lowest BCUT2D eigenvalue weighted by Crippen LogP contribution is -2.42. The van der Waals surface area contributed by atoms with Crippen LogP contribution < -0.4 is 21.1 Å². The number of ether oxygens (including phenoxy) is 1. The maximum absolute atomic E-state index is 12.9. The minimum Gasteiger partial charge on any atom is -0.489 e. The van der Waals surface area contributed by atoms with Crippen LogP contribution in [0.3, 0.4) is 0 Å². The Morgan fingerprint density at radius 1 is 1.17 bits per heavy atom. The molecule has 0 spiro atoms. The fourth-order valence-electron chi connectivity index (χ4n) is 2.61. The molecule has 0 aromatic heterocycles. The zero-order valence-electron chi connectivity index (χ0n) is 16.8. The van der Waals surface area contributed by atoms with Crippen LogP contribution in [-0.2, 0) is 12.7 Å². The molecule has 30 heavy (non-hydrogen) atoms. The fourth-order valence-corrected chi connectivity index (χ4v) is 2.61. The number of halogens is 3.